The van der Waals surface area contributed by atoms with E-state index in [4.69, 9.17) is 0 Å². The van der Waals surface area contributed by atoms with E-state index in [1.54, 1.807) is 6.92 Å². The molecule has 0 aromatic carbocycles. The molecule has 0 spiro atoms. The summed E-state index contributed by atoms with van der Waals surface area (Å²) in [7, 11) is 2.70. The van der Waals surface area contributed by atoms with Crippen LogP contribution in [0.15, 0.2) is 0 Å². The highest BCUT2D eigenvalue weighted by Crippen LogP contribution is 1.95. The van der Waals surface area contributed by atoms with Crippen LogP contribution in [0.3, 0.4) is 0 Å². The second-order valence-electron chi connectivity index (χ2n) is 2.95. The number of rotatable bonds is 6. The summed E-state index contributed by atoms with van der Waals surface area (Å²) in [5.41, 5.74) is 0. The first kappa shape index (κ1) is 12.9. The van der Waals surface area contributed by atoms with Gasteiger partial charge >= 0.3 is 11.9 Å². The lowest BCUT2D eigenvalue weighted by Crippen LogP contribution is -2.29. The average Bonchev–Trinajstić information content (AvgIpc) is 2.22. The van der Waals surface area contributed by atoms with E-state index in [9.17, 15) is 9.59 Å². The molecule has 14 heavy (non-hydrogen) atoms. The molecule has 0 aliphatic rings. The third-order valence-corrected chi connectivity index (χ3v) is 1.79. The highest BCUT2D eigenvalue weighted by atomic mass is 16.5. The Kier molecular flexibility index (Phi) is 6.74. The Balaban J connectivity index is 3.45. The van der Waals surface area contributed by atoms with Gasteiger partial charge in [-0.2, -0.15) is 0 Å². The van der Waals surface area contributed by atoms with Crippen molar-refractivity contribution in [3.8, 4) is 0 Å². The van der Waals surface area contributed by atoms with Gasteiger partial charge in [-0.15, -0.1) is 0 Å². The van der Waals surface area contributed by atoms with E-state index in [1.807, 2.05) is 0 Å². The van der Waals surface area contributed by atoms with Gasteiger partial charge in [0.2, 0.25) is 0 Å². The van der Waals surface area contributed by atoms with Crippen molar-refractivity contribution < 1.29 is 19.1 Å². The molecule has 82 valence electrons. The normalized spacial score (nSPS) is 11.9. The van der Waals surface area contributed by atoms with Crippen LogP contribution < -0.4 is 5.32 Å². The van der Waals surface area contributed by atoms with E-state index in [0.29, 0.717) is 19.5 Å². The Bertz CT molecular complexity index is 193. The molecule has 5 nitrogen and oxygen atoms in total. The SMILES string of the molecule is COC(=O)CCNC[C@H](C)C(=O)OC. The molecule has 0 heterocycles. The molecule has 0 aliphatic heterocycles. The minimum Gasteiger partial charge on any atom is -0.469 e. The van der Waals surface area contributed by atoms with Crippen LogP contribution in [-0.4, -0.2) is 39.2 Å². The smallest absolute Gasteiger partial charge is 0.309 e. The van der Waals surface area contributed by atoms with Gasteiger partial charge in [-0.3, -0.25) is 9.59 Å². The molecule has 0 rings (SSSR count). The zero-order valence-electron chi connectivity index (χ0n) is 8.83. The quantitative estimate of drug-likeness (QED) is 0.484. The third-order valence-electron chi connectivity index (χ3n) is 1.79. The summed E-state index contributed by atoms with van der Waals surface area (Å²) in [5, 5.41) is 2.96. The summed E-state index contributed by atoms with van der Waals surface area (Å²) in [6.07, 6.45) is 0.310. The Hall–Kier alpha value is -1.10. The number of nitrogens with one attached hydrogen (secondary N) is 1. The van der Waals surface area contributed by atoms with Gasteiger partial charge < -0.3 is 14.8 Å². The summed E-state index contributed by atoms with van der Waals surface area (Å²) in [6, 6.07) is 0. The summed E-state index contributed by atoms with van der Waals surface area (Å²) in [6.45, 7) is 2.77. The molecule has 0 fully saturated rings. The van der Waals surface area contributed by atoms with E-state index in [0.717, 1.165) is 0 Å². The lowest BCUT2D eigenvalue weighted by molar-refractivity contribution is -0.144. The molecule has 0 aromatic heterocycles. The first-order valence-corrected chi connectivity index (χ1v) is 4.47. The van der Waals surface area contributed by atoms with Crippen molar-refractivity contribution in [1.82, 2.24) is 5.32 Å². The molecular weight excluding hydrogens is 186 g/mol. The number of carbonyl (C=O) groups is 2. The average molecular weight is 203 g/mol. The molecule has 0 aromatic rings. The van der Waals surface area contributed by atoms with Gasteiger partial charge in [0.15, 0.2) is 0 Å². The summed E-state index contributed by atoms with van der Waals surface area (Å²) in [4.78, 5) is 21.6. The van der Waals surface area contributed by atoms with Crippen LogP contribution in [0.5, 0.6) is 0 Å². The molecule has 0 aliphatic carbocycles. The molecule has 0 saturated heterocycles. The predicted octanol–water partition coefficient (Wildman–Crippen LogP) is -0.0518. The molecular formula is C9H17NO4. The second kappa shape index (κ2) is 7.32. The zero-order chi connectivity index (χ0) is 11.0. The van der Waals surface area contributed by atoms with E-state index in [2.05, 4.69) is 14.8 Å². The fourth-order valence-corrected chi connectivity index (χ4v) is 0.896. The minimum absolute atomic E-state index is 0.197. The molecule has 0 bridgehead atoms. The Morgan fingerprint density at radius 1 is 1.29 bits per heavy atom. The van der Waals surface area contributed by atoms with Crippen LogP contribution in [-0.2, 0) is 19.1 Å². The maximum absolute atomic E-state index is 10.9. The van der Waals surface area contributed by atoms with Crippen LogP contribution in [0, 0.1) is 5.92 Å². The number of hydrogen-bond acceptors (Lipinski definition) is 5. The molecule has 1 atom stereocenters. The van der Waals surface area contributed by atoms with Crippen LogP contribution in [0.25, 0.3) is 0 Å². The standard InChI is InChI=1S/C9H17NO4/c1-7(9(12)14-3)6-10-5-4-8(11)13-2/h7,10H,4-6H2,1-3H3/t7-/m0/s1. The summed E-state index contributed by atoms with van der Waals surface area (Å²) in [5.74, 6) is -0.712. The summed E-state index contributed by atoms with van der Waals surface area (Å²) >= 11 is 0. The van der Waals surface area contributed by atoms with Gasteiger partial charge in [0, 0.05) is 13.1 Å². The van der Waals surface area contributed by atoms with Crippen LogP contribution in [0.4, 0.5) is 0 Å². The Morgan fingerprint density at radius 2 is 1.93 bits per heavy atom. The van der Waals surface area contributed by atoms with Gasteiger partial charge in [0.05, 0.1) is 26.6 Å². The Morgan fingerprint density at radius 3 is 2.43 bits per heavy atom. The molecule has 0 radical (unpaired) electrons. The van der Waals surface area contributed by atoms with Crippen molar-refractivity contribution in [1.29, 1.82) is 0 Å². The van der Waals surface area contributed by atoms with Crippen molar-refractivity contribution in [2.45, 2.75) is 13.3 Å². The molecule has 1 N–H and O–H groups in total. The first-order chi connectivity index (χ1) is 6.61. The monoisotopic (exact) mass is 203 g/mol. The maximum Gasteiger partial charge on any atom is 0.309 e. The van der Waals surface area contributed by atoms with Crippen molar-refractivity contribution >= 4 is 11.9 Å². The largest absolute Gasteiger partial charge is 0.469 e. The first-order valence-electron chi connectivity index (χ1n) is 4.47. The fraction of sp³-hybridized carbons (Fsp3) is 0.778. The van der Waals surface area contributed by atoms with E-state index >= 15 is 0 Å². The van der Waals surface area contributed by atoms with E-state index in [-0.39, 0.29) is 17.9 Å². The maximum atomic E-state index is 10.9. The number of esters is 2. The summed E-state index contributed by atoms with van der Waals surface area (Å²) < 4.78 is 9.00. The lowest BCUT2D eigenvalue weighted by atomic mass is 10.2. The van der Waals surface area contributed by atoms with Crippen molar-refractivity contribution in [2.75, 3.05) is 27.3 Å². The van der Waals surface area contributed by atoms with Crippen LogP contribution >= 0.6 is 0 Å². The highest BCUT2D eigenvalue weighted by molar-refractivity contribution is 5.72. The third kappa shape index (κ3) is 5.53. The van der Waals surface area contributed by atoms with E-state index in [1.165, 1.54) is 14.2 Å². The zero-order valence-corrected chi connectivity index (χ0v) is 8.83. The van der Waals surface area contributed by atoms with Gasteiger partial charge in [-0.1, -0.05) is 6.92 Å². The minimum atomic E-state index is -0.261. The van der Waals surface area contributed by atoms with Crippen molar-refractivity contribution in [3.05, 3.63) is 0 Å². The van der Waals surface area contributed by atoms with Crippen molar-refractivity contribution in [2.24, 2.45) is 5.92 Å². The van der Waals surface area contributed by atoms with Gasteiger partial charge in [0.25, 0.3) is 0 Å². The highest BCUT2D eigenvalue weighted by Gasteiger charge is 2.11. The number of ether oxygens (including phenoxy) is 2. The van der Waals surface area contributed by atoms with Gasteiger partial charge in [-0.05, 0) is 0 Å². The van der Waals surface area contributed by atoms with Crippen LogP contribution in [0.2, 0.25) is 0 Å². The molecule has 0 saturated carbocycles. The molecule has 5 heteroatoms. The van der Waals surface area contributed by atoms with Crippen LogP contribution in [0.1, 0.15) is 13.3 Å². The molecule has 0 unspecified atom stereocenters. The van der Waals surface area contributed by atoms with Gasteiger partial charge in [-0.25, -0.2) is 0 Å². The predicted molar refractivity (Wildman–Crippen MR) is 50.7 cm³/mol. The topological polar surface area (TPSA) is 64.6 Å². The number of carbonyl (C=O) groups excluding carboxylic acids is 2. The second-order valence-corrected chi connectivity index (χ2v) is 2.95. The lowest BCUT2D eigenvalue weighted by Gasteiger charge is -2.09. The number of methoxy groups -OCH3 is 2. The Labute approximate surface area is 83.8 Å². The number of hydrogen-bond donors (Lipinski definition) is 1. The fourth-order valence-electron chi connectivity index (χ4n) is 0.896. The van der Waals surface area contributed by atoms with Gasteiger partial charge in [0.1, 0.15) is 0 Å². The van der Waals surface area contributed by atoms with E-state index < -0.39 is 0 Å². The molecule has 0 amide bonds. The van der Waals surface area contributed by atoms with Crippen molar-refractivity contribution in [3.63, 3.8) is 0 Å².